The van der Waals surface area contributed by atoms with E-state index < -0.39 is 0 Å². The number of anilines is 1. The van der Waals surface area contributed by atoms with Crippen LogP contribution in [0.2, 0.25) is 0 Å². The summed E-state index contributed by atoms with van der Waals surface area (Å²) in [6, 6.07) is 12.0. The molecule has 1 aromatic carbocycles. The Labute approximate surface area is 172 Å². The van der Waals surface area contributed by atoms with Crippen molar-refractivity contribution in [1.82, 2.24) is 9.88 Å². The second-order valence-electron chi connectivity index (χ2n) is 7.91. The number of amides is 2. The number of carbonyl (C=O) groups excluding carboxylic acids is 1. The van der Waals surface area contributed by atoms with E-state index >= 15 is 0 Å². The lowest BCUT2D eigenvalue weighted by atomic mass is 9.97. The number of pyridine rings is 1. The van der Waals surface area contributed by atoms with E-state index in [1.807, 2.05) is 17.0 Å². The molecule has 1 N–H and O–H groups in total. The van der Waals surface area contributed by atoms with Crippen molar-refractivity contribution in [3.8, 4) is 5.75 Å². The summed E-state index contributed by atoms with van der Waals surface area (Å²) in [4.78, 5) is 18.3. The molecule has 1 aromatic heterocycles. The van der Waals surface area contributed by atoms with E-state index in [9.17, 15) is 4.79 Å². The lowest BCUT2D eigenvalue weighted by molar-refractivity contribution is 0.155. The Balaban J connectivity index is 1.31. The van der Waals surface area contributed by atoms with E-state index in [0.717, 1.165) is 37.4 Å². The number of hydrogen-bond acceptors (Lipinski definition) is 3. The zero-order valence-electron chi connectivity index (χ0n) is 16.8. The number of carbonyl (C=O) groups is 1. The Bertz CT molecular complexity index is 834. The van der Waals surface area contributed by atoms with Crippen LogP contribution in [0.5, 0.6) is 5.75 Å². The highest BCUT2D eigenvalue weighted by molar-refractivity contribution is 5.89. The summed E-state index contributed by atoms with van der Waals surface area (Å²) < 4.78 is 6.19. The van der Waals surface area contributed by atoms with Gasteiger partial charge in [0.2, 0.25) is 0 Å². The summed E-state index contributed by atoms with van der Waals surface area (Å²) in [5.74, 6) is 0.972. The number of hydrogen-bond donors (Lipinski definition) is 1. The first-order valence-corrected chi connectivity index (χ1v) is 10.7. The first-order chi connectivity index (χ1) is 14.3. The maximum absolute atomic E-state index is 12.4. The lowest BCUT2D eigenvalue weighted by Crippen LogP contribution is -2.39. The van der Waals surface area contributed by atoms with Gasteiger partial charge in [0, 0.05) is 19.3 Å². The first-order valence-electron chi connectivity index (χ1n) is 10.7. The third-order valence-corrected chi connectivity index (χ3v) is 5.69. The summed E-state index contributed by atoms with van der Waals surface area (Å²) >= 11 is 0. The fraction of sp³-hybridized carbons (Fsp3) is 0.417. The molecule has 1 saturated carbocycles. The minimum atomic E-state index is -0.0556. The molecule has 152 valence electrons. The zero-order chi connectivity index (χ0) is 19.9. The number of nitrogens with zero attached hydrogens (tertiary/aromatic N) is 2. The number of nitrogens with one attached hydrogen (secondary N) is 1. The second kappa shape index (κ2) is 9.59. The lowest BCUT2D eigenvalue weighted by Gasteiger charge is -2.28. The predicted molar refractivity (Wildman–Crippen MR) is 116 cm³/mol. The molecule has 29 heavy (non-hydrogen) atoms. The van der Waals surface area contributed by atoms with Crippen molar-refractivity contribution in [1.29, 1.82) is 0 Å². The van der Waals surface area contributed by atoms with Gasteiger partial charge in [-0.25, -0.2) is 4.79 Å². The molecule has 0 radical (unpaired) electrons. The van der Waals surface area contributed by atoms with Gasteiger partial charge < -0.3 is 15.0 Å². The second-order valence-corrected chi connectivity index (χ2v) is 7.91. The minimum absolute atomic E-state index is 0.0556. The summed E-state index contributed by atoms with van der Waals surface area (Å²) in [5, 5.41) is 2.91. The molecule has 1 aliphatic carbocycles. The molecule has 2 aliphatic rings. The standard InChI is InChI=1S/C24H29N3O2/c28-24(26-21-7-5-13-25-18-21)27-14-11-19(12-15-27)16-20-6-4-10-23(17-20)29-22-8-2-1-3-9-22/h4-7,10,13,16-18,22H,1-3,8-9,11-12,14-15H2,(H,26,28). The van der Waals surface area contributed by atoms with Gasteiger partial charge >= 0.3 is 6.03 Å². The van der Waals surface area contributed by atoms with Gasteiger partial charge in [0.1, 0.15) is 5.75 Å². The quantitative estimate of drug-likeness (QED) is 0.748. The topological polar surface area (TPSA) is 54.5 Å². The van der Waals surface area contributed by atoms with Crippen LogP contribution in [0.3, 0.4) is 0 Å². The van der Waals surface area contributed by atoms with Crippen molar-refractivity contribution in [3.05, 3.63) is 59.9 Å². The molecular weight excluding hydrogens is 362 g/mol. The van der Waals surface area contributed by atoms with Gasteiger partial charge in [-0.1, -0.05) is 30.2 Å². The van der Waals surface area contributed by atoms with Crippen molar-refractivity contribution in [2.75, 3.05) is 18.4 Å². The Morgan fingerprint density at radius 1 is 1.10 bits per heavy atom. The molecule has 5 heteroatoms. The third-order valence-electron chi connectivity index (χ3n) is 5.69. The van der Waals surface area contributed by atoms with Gasteiger partial charge in [-0.05, 0) is 68.4 Å². The summed E-state index contributed by atoms with van der Waals surface area (Å²) in [6.07, 6.45) is 14.0. The smallest absolute Gasteiger partial charge is 0.321 e. The van der Waals surface area contributed by atoms with Crippen LogP contribution in [0.15, 0.2) is 54.4 Å². The molecule has 0 bridgehead atoms. The highest BCUT2D eigenvalue weighted by Crippen LogP contribution is 2.26. The highest BCUT2D eigenvalue weighted by atomic mass is 16.5. The van der Waals surface area contributed by atoms with Gasteiger partial charge in [-0.15, -0.1) is 0 Å². The van der Waals surface area contributed by atoms with Crippen LogP contribution >= 0.6 is 0 Å². The Morgan fingerprint density at radius 3 is 2.69 bits per heavy atom. The van der Waals surface area contributed by atoms with Crippen molar-refractivity contribution >= 4 is 17.8 Å². The van der Waals surface area contributed by atoms with Gasteiger partial charge in [0.05, 0.1) is 18.0 Å². The largest absolute Gasteiger partial charge is 0.490 e. The fourth-order valence-corrected chi connectivity index (χ4v) is 4.07. The van der Waals surface area contributed by atoms with Crippen molar-refractivity contribution in [2.24, 2.45) is 0 Å². The van der Waals surface area contributed by atoms with E-state index in [-0.39, 0.29) is 6.03 Å². The molecule has 2 aromatic rings. The minimum Gasteiger partial charge on any atom is -0.490 e. The van der Waals surface area contributed by atoms with Crippen molar-refractivity contribution in [3.63, 3.8) is 0 Å². The maximum atomic E-state index is 12.4. The van der Waals surface area contributed by atoms with Gasteiger partial charge in [-0.2, -0.15) is 0 Å². The Hall–Kier alpha value is -2.82. The van der Waals surface area contributed by atoms with Gasteiger partial charge in [-0.3, -0.25) is 4.98 Å². The van der Waals surface area contributed by atoms with E-state index in [1.54, 1.807) is 12.4 Å². The number of aromatic nitrogens is 1. The third kappa shape index (κ3) is 5.59. The molecule has 0 unspecified atom stereocenters. The molecule has 2 amide bonds. The van der Waals surface area contributed by atoms with Crippen LogP contribution in [0.4, 0.5) is 10.5 Å². The highest BCUT2D eigenvalue weighted by Gasteiger charge is 2.19. The van der Waals surface area contributed by atoms with E-state index in [4.69, 9.17) is 4.74 Å². The van der Waals surface area contributed by atoms with Crippen LogP contribution in [-0.2, 0) is 0 Å². The molecule has 0 spiro atoms. The fourth-order valence-electron chi connectivity index (χ4n) is 4.07. The average Bonchev–Trinajstić information content (AvgIpc) is 2.76. The first kappa shape index (κ1) is 19.5. The van der Waals surface area contributed by atoms with Crippen LogP contribution in [0.1, 0.15) is 50.5 Å². The number of urea groups is 1. The number of benzene rings is 1. The molecular formula is C24H29N3O2. The number of likely N-dealkylation sites (tertiary alicyclic amines) is 1. The van der Waals surface area contributed by atoms with E-state index in [2.05, 4.69) is 40.6 Å². The van der Waals surface area contributed by atoms with E-state index in [0.29, 0.717) is 6.10 Å². The summed E-state index contributed by atoms with van der Waals surface area (Å²) in [6.45, 7) is 1.46. The number of rotatable bonds is 4. The van der Waals surface area contributed by atoms with E-state index in [1.165, 1.54) is 43.2 Å². The zero-order valence-corrected chi connectivity index (χ0v) is 16.8. The van der Waals surface area contributed by atoms with Gasteiger partial charge in [0.15, 0.2) is 0 Å². The maximum Gasteiger partial charge on any atom is 0.321 e. The van der Waals surface area contributed by atoms with Crippen molar-refractivity contribution in [2.45, 2.75) is 51.0 Å². The molecule has 1 saturated heterocycles. The monoisotopic (exact) mass is 391 g/mol. The molecule has 5 nitrogen and oxygen atoms in total. The molecule has 0 atom stereocenters. The molecule has 4 rings (SSSR count). The summed E-state index contributed by atoms with van der Waals surface area (Å²) in [7, 11) is 0. The SMILES string of the molecule is O=C(Nc1cccnc1)N1CCC(=Cc2cccc(OC3CCCCC3)c2)CC1. The van der Waals surface area contributed by atoms with Crippen molar-refractivity contribution < 1.29 is 9.53 Å². The molecule has 1 aliphatic heterocycles. The average molecular weight is 392 g/mol. The number of ether oxygens (including phenoxy) is 1. The number of piperidine rings is 1. The van der Waals surface area contributed by atoms with Crippen LogP contribution in [0, 0.1) is 0 Å². The molecule has 2 fully saturated rings. The van der Waals surface area contributed by atoms with Gasteiger partial charge in [0.25, 0.3) is 0 Å². The van der Waals surface area contributed by atoms with Crippen LogP contribution in [-0.4, -0.2) is 35.1 Å². The molecule has 2 heterocycles. The predicted octanol–water partition coefficient (Wildman–Crippen LogP) is 5.50. The Kier molecular flexibility index (Phi) is 6.45. The summed E-state index contributed by atoms with van der Waals surface area (Å²) in [5.41, 5.74) is 3.29. The Morgan fingerprint density at radius 2 is 1.93 bits per heavy atom. The van der Waals surface area contributed by atoms with Crippen LogP contribution in [0.25, 0.3) is 6.08 Å². The normalized spacial score (nSPS) is 17.7. The van der Waals surface area contributed by atoms with Crippen LogP contribution < -0.4 is 10.1 Å².